The van der Waals surface area contributed by atoms with Gasteiger partial charge in [0.1, 0.15) is 12.2 Å². The van der Waals surface area contributed by atoms with Gasteiger partial charge in [-0.15, -0.1) is 0 Å². The van der Waals surface area contributed by atoms with Crippen LogP contribution in [0.4, 0.5) is 0 Å². The number of H-pyrrole nitrogens is 1. The molecule has 2 aromatic rings. The zero-order chi connectivity index (χ0) is 15.7. The second kappa shape index (κ2) is 5.52. The maximum Gasteiger partial charge on any atom is 0.243 e. The van der Waals surface area contributed by atoms with Gasteiger partial charge in [-0.3, -0.25) is 5.10 Å². The van der Waals surface area contributed by atoms with Crippen molar-refractivity contribution in [3.63, 3.8) is 0 Å². The van der Waals surface area contributed by atoms with Gasteiger partial charge in [0.05, 0.1) is 16.3 Å². The fourth-order valence-electron chi connectivity index (χ4n) is 1.59. The molecule has 0 unspecified atom stereocenters. The van der Waals surface area contributed by atoms with Crippen LogP contribution in [0.3, 0.4) is 0 Å². The number of hydrogen-bond acceptors (Lipinski definition) is 6. The smallest absolute Gasteiger partial charge is 0.243 e. The first kappa shape index (κ1) is 15.6. The van der Waals surface area contributed by atoms with E-state index in [-0.39, 0.29) is 16.3 Å². The van der Waals surface area contributed by atoms with E-state index in [0.29, 0.717) is 5.82 Å². The Morgan fingerprint density at radius 3 is 2.48 bits per heavy atom. The molecular formula is C10H13N5O4S2. The second-order valence-electron chi connectivity index (χ2n) is 4.21. The summed E-state index contributed by atoms with van der Waals surface area (Å²) >= 11 is 0. The predicted molar refractivity (Wildman–Crippen MR) is 72.9 cm³/mol. The molecule has 1 aromatic carbocycles. The summed E-state index contributed by atoms with van der Waals surface area (Å²) in [5.41, 5.74) is 0. The van der Waals surface area contributed by atoms with Crippen LogP contribution in [0.5, 0.6) is 0 Å². The average Bonchev–Trinajstić information content (AvgIpc) is 2.90. The molecule has 0 aliphatic carbocycles. The lowest BCUT2D eigenvalue weighted by atomic mass is 10.4. The van der Waals surface area contributed by atoms with Gasteiger partial charge < -0.3 is 0 Å². The van der Waals surface area contributed by atoms with Crippen molar-refractivity contribution in [3.8, 4) is 0 Å². The predicted octanol–water partition coefficient (Wildman–Crippen LogP) is -0.727. The molecule has 9 nitrogen and oxygen atoms in total. The Kier molecular flexibility index (Phi) is 4.09. The monoisotopic (exact) mass is 331 g/mol. The van der Waals surface area contributed by atoms with Gasteiger partial charge in [0.2, 0.25) is 20.0 Å². The SMILES string of the molecule is CN(Cc1ncn[nH]1)S(=O)(=O)c1cccc(S(N)(=O)=O)c1. The van der Waals surface area contributed by atoms with Crippen LogP contribution in [0.15, 0.2) is 40.4 Å². The molecule has 0 bridgehead atoms. The van der Waals surface area contributed by atoms with Crippen molar-refractivity contribution in [2.24, 2.45) is 5.14 Å². The van der Waals surface area contributed by atoms with Gasteiger partial charge in [-0.05, 0) is 18.2 Å². The summed E-state index contributed by atoms with van der Waals surface area (Å²) in [6, 6.07) is 4.85. The zero-order valence-corrected chi connectivity index (χ0v) is 12.6. The molecule has 11 heteroatoms. The molecule has 1 heterocycles. The highest BCUT2D eigenvalue weighted by Gasteiger charge is 2.23. The van der Waals surface area contributed by atoms with E-state index in [1.165, 1.54) is 31.6 Å². The van der Waals surface area contributed by atoms with Gasteiger partial charge in [0, 0.05) is 7.05 Å². The number of hydrogen-bond donors (Lipinski definition) is 2. The Bertz CT molecular complexity index is 830. The van der Waals surface area contributed by atoms with Crippen LogP contribution < -0.4 is 5.14 Å². The Hall–Kier alpha value is -1.82. The van der Waals surface area contributed by atoms with E-state index in [2.05, 4.69) is 15.2 Å². The van der Waals surface area contributed by atoms with Crippen molar-refractivity contribution in [1.82, 2.24) is 19.5 Å². The first-order valence-corrected chi connectivity index (χ1v) is 8.63. The third-order valence-corrected chi connectivity index (χ3v) is 5.39. The Labute approximate surface area is 121 Å². The van der Waals surface area contributed by atoms with Crippen LogP contribution in [0.2, 0.25) is 0 Å². The molecule has 114 valence electrons. The van der Waals surface area contributed by atoms with Crippen molar-refractivity contribution < 1.29 is 16.8 Å². The van der Waals surface area contributed by atoms with Crippen LogP contribution in [0.1, 0.15) is 5.82 Å². The molecule has 0 spiro atoms. The highest BCUT2D eigenvalue weighted by atomic mass is 32.2. The van der Waals surface area contributed by atoms with Crippen molar-refractivity contribution in [2.45, 2.75) is 16.3 Å². The summed E-state index contributed by atoms with van der Waals surface area (Å²) in [6.45, 7) is -0.0259. The molecule has 3 N–H and O–H groups in total. The van der Waals surface area contributed by atoms with Crippen molar-refractivity contribution in [1.29, 1.82) is 0 Å². The molecule has 0 saturated heterocycles. The van der Waals surface area contributed by atoms with E-state index in [9.17, 15) is 16.8 Å². The van der Waals surface area contributed by atoms with E-state index in [0.717, 1.165) is 10.4 Å². The minimum atomic E-state index is -3.97. The number of sulfonamides is 2. The Balaban J connectivity index is 2.35. The summed E-state index contributed by atoms with van der Waals surface area (Å²) in [5.74, 6) is 0.365. The lowest BCUT2D eigenvalue weighted by molar-refractivity contribution is 0.457. The molecule has 21 heavy (non-hydrogen) atoms. The van der Waals surface area contributed by atoms with Gasteiger partial charge in [0.25, 0.3) is 0 Å². The van der Waals surface area contributed by atoms with Gasteiger partial charge in [0.15, 0.2) is 0 Å². The quantitative estimate of drug-likeness (QED) is 0.740. The lowest BCUT2D eigenvalue weighted by Crippen LogP contribution is -2.27. The molecule has 1 aromatic heterocycles. The van der Waals surface area contributed by atoms with Crippen molar-refractivity contribution in [2.75, 3.05) is 7.05 Å². The molecule has 0 atom stereocenters. The Morgan fingerprint density at radius 1 is 1.24 bits per heavy atom. The normalized spacial score (nSPS) is 12.7. The van der Waals surface area contributed by atoms with Crippen molar-refractivity contribution >= 4 is 20.0 Å². The fourth-order valence-corrected chi connectivity index (χ4v) is 3.41. The number of nitrogens with one attached hydrogen (secondary N) is 1. The van der Waals surface area contributed by atoms with Crippen LogP contribution >= 0.6 is 0 Å². The van der Waals surface area contributed by atoms with E-state index in [1.54, 1.807) is 0 Å². The van der Waals surface area contributed by atoms with E-state index < -0.39 is 20.0 Å². The first-order valence-electron chi connectivity index (χ1n) is 5.65. The topological polar surface area (TPSA) is 139 Å². The molecular weight excluding hydrogens is 318 g/mol. The molecule has 0 aliphatic rings. The molecule has 0 radical (unpaired) electrons. The maximum atomic E-state index is 12.4. The summed E-state index contributed by atoms with van der Waals surface area (Å²) in [6.07, 6.45) is 1.26. The van der Waals surface area contributed by atoms with Crippen LogP contribution in [-0.2, 0) is 26.6 Å². The highest BCUT2D eigenvalue weighted by molar-refractivity contribution is 7.90. The minimum absolute atomic E-state index is 0.0259. The zero-order valence-electron chi connectivity index (χ0n) is 11.0. The van der Waals surface area contributed by atoms with Gasteiger partial charge in [-0.2, -0.15) is 9.40 Å². The number of aromatic nitrogens is 3. The summed E-state index contributed by atoms with van der Waals surface area (Å²) in [7, 11) is -6.50. The number of primary sulfonamides is 1. The lowest BCUT2D eigenvalue weighted by Gasteiger charge is -2.16. The van der Waals surface area contributed by atoms with Gasteiger partial charge in [-0.25, -0.2) is 27.0 Å². The van der Waals surface area contributed by atoms with E-state index >= 15 is 0 Å². The Morgan fingerprint density at radius 2 is 1.90 bits per heavy atom. The van der Waals surface area contributed by atoms with Crippen LogP contribution in [-0.4, -0.2) is 43.4 Å². The summed E-state index contributed by atoms with van der Waals surface area (Å²) in [4.78, 5) is 3.39. The molecule has 0 saturated carbocycles. The molecule has 2 rings (SSSR count). The number of nitrogens with two attached hydrogens (primary N) is 1. The van der Waals surface area contributed by atoms with E-state index in [1.807, 2.05) is 0 Å². The van der Waals surface area contributed by atoms with Crippen LogP contribution in [0, 0.1) is 0 Å². The molecule has 0 aliphatic heterocycles. The summed E-state index contributed by atoms with van der Waals surface area (Å²) in [5, 5.41) is 11.2. The number of rotatable bonds is 5. The van der Waals surface area contributed by atoms with Gasteiger partial charge in [-0.1, -0.05) is 6.07 Å². The molecule has 0 amide bonds. The average molecular weight is 331 g/mol. The highest BCUT2D eigenvalue weighted by Crippen LogP contribution is 2.18. The fraction of sp³-hybridized carbons (Fsp3) is 0.200. The van der Waals surface area contributed by atoms with Gasteiger partial charge >= 0.3 is 0 Å². The third-order valence-electron chi connectivity index (χ3n) is 2.68. The number of nitrogens with zero attached hydrogens (tertiary/aromatic N) is 3. The number of benzene rings is 1. The third kappa shape index (κ3) is 3.44. The largest absolute Gasteiger partial charge is 0.262 e. The molecule has 0 fully saturated rings. The summed E-state index contributed by atoms with van der Waals surface area (Å²) < 4.78 is 48.3. The van der Waals surface area contributed by atoms with E-state index in [4.69, 9.17) is 5.14 Å². The van der Waals surface area contributed by atoms with Crippen LogP contribution in [0.25, 0.3) is 0 Å². The maximum absolute atomic E-state index is 12.4. The first-order chi connectivity index (χ1) is 9.71. The second-order valence-corrected chi connectivity index (χ2v) is 7.82. The standard InChI is InChI=1S/C10H13N5O4S2/c1-15(6-10-12-7-13-14-10)21(18,19)9-4-2-3-8(5-9)20(11,16)17/h2-5,7H,6H2,1H3,(H2,11,16,17)(H,12,13,14). The van der Waals surface area contributed by atoms with Crippen molar-refractivity contribution in [3.05, 3.63) is 36.4 Å². The minimum Gasteiger partial charge on any atom is -0.262 e. The number of aromatic amines is 1.